The van der Waals surface area contributed by atoms with Crippen molar-refractivity contribution in [3.8, 4) is 5.75 Å². The normalized spacial score (nSPS) is 17.5. The number of hydrogen-bond acceptors (Lipinski definition) is 4. The van der Waals surface area contributed by atoms with Gasteiger partial charge < -0.3 is 14.8 Å². The highest BCUT2D eigenvalue weighted by atomic mass is 16.5. The van der Waals surface area contributed by atoms with Crippen LogP contribution in [-0.2, 0) is 16.0 Å². The molecule has 1 fully saturated rings. The summed E-state index contributed by atoms with van der Waals surface area (Å²) in [5.74, 6) is 0.398. The highest BCUT2D eigenvalue weighted by Gasteiger charge is 2.29. The predicted molar refractivity (Wildman–Crippen MR) is 96.9 cm³/mol. The lowest BCUT2D eigenvalue weighted by Gasteiger charge is -2.18. The summed E-state index contributed by atoms with van der Waals surface area (Å²) in [6.45, 7) is 2.94. The summed E-state index contributed by atoms with van der Waals surface area (Å²) >= 11 is 0. The SMILES string of the molecule is CCOC(COc1cccc(CC2NC(=O)NC2=O)c1)c1ccccc1. The first-order valence-corrected chi connectivity index (χ1v) is 8.65. The van der Waals surface area contributed by atoms with Gasteiger partial charge in [0.1, 0.15) is 24.5 Å². The number of rotatable bonds is 8. The van der Waals surface area contributed by atoms with Crippen molar-refractivity contribution in [3.05, 3.63) is 65.7 Å². The number of carbonyl (C=O) groups excluding carboxylic acids is 2. The van der Waals surface area contributed by atoms with E-state index in [-0.39, 0.29) is 12.0 Å². The Morgan fingerprint density at radius 3 is 2.58 bits per heavy atom. The average molecular weight is 354 g/mol. The fourth-order valence-corrected chi connectivity index (χ4v) is 2.88. The first kappa shape index (κ1) is 17.9. The van der Waals surface area contributed by atoms with Crippen LogP contribution in [0.2, 0.25) is 0 Å². The van der Waals surface area contributed by atoms with Gasteiger partial charge in [0, 0.05) is 13.0 Å². The molecule has 136 valence electrons. The van der Waals surface area contributed by atoms with E-state index in [1.807, 2.05) is 61.5 Å². The molecule has 0 radical (unpaired) electrons. The van der Waals surface area contributed by atoms with Crippen molar-refractivity contribution < 1.29 is 19.1 Å². The van der Waals surface area contributed by atoms with Crippen LogP contribution in [0, 0.1) is 0 Å². The lowest BCUT2D eigenvalue weighted by Crippen LogP contribution is -2.31. The third-order valence-corrected chi connectivity index (χ3v) is 4.14. The zero-order chi connectivity index (χ0) is 18.4. The Bertz CT molecular complexity index is 763. The van der Waals surface area contributed by atoms with Gasteiger partial charge in [-0.1, -0.05) is 42.5 Å². The Balaban J connectivity index is 1.62. The number of ether oxygens (including phenoxy) is 2. The molecule has 6 heteroatoms. The first-order chi connectivity index (χ1) is 12.7. The molecule has 0 aromatic heterocycles. The van der Waals surface area contributed by atoms with Gasteiger partial charge in [-0.3, -0.25) is 10.1 Å². The van der Waals surface area contributed by atoms with Crippen LogP contribution in [0.3, 0.4) is 0 Å². The van der Waals surface area contributed by atoms with Crippen molar-refractivity contribution in [3.63, 3.8) is 0 Å². The Labute approximate surface area is 152 Å². The Kier molecular flexibility index (Phi) is 5.86. The lowest BCUT2D eigenvalue weighted by atomic mass is 10.1. The largest absolute Gasteiger partial charge is 0.491 e. The van der Waals surface area contributed by atoms with Gasteiger partial charge in [-0.25, -0.2) is 4.79 Å². The topological polar surface area (TPSA) is 76.7 Å². The van der Waals surface area contributed by atoms with E-state index in [0.29, 0.717) is 25.4 Å². The van der Waals surface area contributed by atoms with Crippen LogP contribution in [0.25, 0.3) is 0 Å². The third kappa shape index (κ3) is 4.61. The minimum Gasteiger partial charge on any atom is -0.491 e. The zero-order valence-electron chi connectivity index (χ0n) is 14.6. The summed E-state index contributed by atoms with van der Waals surface area (Å²) in [6.07, 6.45) is 0.271. The highest BCUT2D eigenvalue weighted by Crippen LogP contribution is 2.21. The summed E-state index contributed by atoms with van der Waals surface area (Å²) in [5.41, 5.74) is 1.98. The molecule has 2 atom stereocenters. The fourth-order valence-electron chi connectivity index (χ4n) is 2.88. The molecule has 1 aliphatic rings. The molecule has 2 unspecified atom stereocenters. The van der Waals surface area contributed by atoms with E-state index in [0.717, 1.165) is 11.1 Å². The van der Waals surface area contributed by atoms with Crippen molar-refractivity contribution in [2.45, 2.75) is 25.5 Å². The van der Waals surface area contributed by atoms with E-state index in [4.69, 9.17) is 9.47 Å². The van der Waals surface area contributed by atoms with Crippen LogP contribution in [0.15, 0.2) is 54.6 Å². The van der Waals surface area contributed by atoms with Crippen LogP contribution in [0.1, 0.15) is 24.2 Å². The molecule has 2 aromatic carbocycles. The molecular weight excluding hydrogens is 332 g/mol. The van der Waals surface area contributed by atoms with E-state index in [9.17, 15) is 9.59 Å². The van der Waals surface area contributed by atoms with E-state index in [1.165, 1.54) is 0 Å². The summed E-state index contributed by atoms with van der Waals surface area (Å²) < 4.78 is 11.7. The Morgan fingerprint density at radius 2 is 1.88 bits per heavy atom. The summed E-state index contributed by atoms with van der Waals surface area (Å²) in [6, 6.07) is 16.5. The third-order valence-electron chi connectivity index (χ3n) is 4.14. The molecule has 2 aromatic rings. The summed E-state index contributed by atoms with van der Waals surface area (Å²) in [5, 5.41) is 4.84. The number of hydrogen-bond donors (Lipinski definition) is 2. The van der Waals surface area contributed by atoms with Crippen molar-refractivity contribution in [2.75, 3.05) is 13.2 Å². The molecule has 1 aliphatic heterocycles. The minimum atomic E-state index is -0.543. The number of amides is 3. The van der Waals surface area contributed by atoms with Gasteiger partial charge in [-0.15, -0.1) is 0 Å². The predicted octanol–water partition coefficient (Wildman–Crippen LogP) is 2.59. The number of carbonyl (C=O) groups is 2. The molecule has 26 heavy (non-hydrogen) atoms. The van der Waals surface area contributed by atoms with Gasteiger partial charge in [-0.2, -0.15) is 0 Å². The second-order valence-electron chi connectivity index (χ2n) is 6.03. The van der Waals surface area contributed by atoms with Gasteiger partial charge in [0.2, 0.25) is 0 Å². The maximum Gasteiger partial charge on any atom is 0.322 e. The van der Waals surface area contributed by atoms with E-state index >= 15 is 0 Å². The zero-order valence-corrected chi connectivity index (χ0v) is 14.6. The van der Waals surface area contributed by atoms with Crippen molar-refractivity contribution >= 4 is 11.9 Å². The standard InChI is InChI=1S/C20H22N2O4/c1-2-25-18(15-8-4-3-5-9-15)13-26-16-10-6-7-14(11-16)12-17-19(23)22-20(24)21-17/h3-11,17-18H,2,12-13H2,1H3,(H2,21,22,23,24). The van der Waals surface area contributed by atoms with Crippen molar-refractivity contribution in [1.82, 2.24) is 10.6 Å². The van der Waals surface area contributed by atoms with Gasteiger partial charge in [0.25, 0.3) is 5.91 Å². The van der Waals surface area contributed by atoms with E-state index in [1.54, 1.807) is 0 Å². The van der Waals surface area contributed by atoms with Gasteiger partial charge in [0.15, 0.2) is 0 Å². The molecular formula is C20H22N2O4. The van der Waals surface area contributed by atoms with Gasteiger partial charge in [-0.05, 0) is 30.2 Å². The van der Waals surface area contributed by atoms with Crippen LogP contribution < -0.4 is 15.4 Å². The second kappa shape index (κ2) is 8.49. The smallest absolute Gasteiger partial charge is 0.322 e. The monoisotopic (exact) mass is 354 g/mol. The molecule has 1 saturated heterocycles. The molecule has 6 nitrogen and oxygen atoms in total. The Hall–Kier alpha value is -2.86. The summed E-state index contributed by atoms with van der Waals surface area (Å²) in [4.78, 5) is 22.9. The van der Waals surface area contributed by atoms with Crippen LogP contribution in [-0.4, -0.2) is 31.2 Å². The number of imide groups is 1. The maximum absolute atomic E-state index is 11.7. The molecule has 0 aliphatic carbocycles. The molecule has 1 heterocycles. The minimum absolute atomic E-state index is 0.148. The van der Waals surface area contributed by atoms with Crippen LogP contribution in [0.4, 0.5) is 4.79 Å². The van der Waals surface area contributed by atoms with Gasteiger partial charge in [0.05, 0.1) is 0 Å². The van der Waals surface area contributed by atoms with Crippen LogP contribution in [0.5, 0.6) is 5.75 Å². The fraction of sp³-hybridized carbons (Fsp3) is 0.300. The highest BCUT2D eigenvalue weighted by molar-refractivity contribution is 6.04. The lowest BCUT2D eigenvalue weighted by molar-refractivity contribution is -0.120. The van der Waals surface area contributed by atoms with Crippen molar-refractivity contribution in [2.24, 2.45) is 0 Å². The number of benzene rings is 2. The molecule has 3 amide bonds. The summed E-state index contributed by atoms with van der Waals surface area (Å²) in [7, 11) is 0. The molecule has 2 N–H and O–H groups in total. The molecule has 0 bridgehead atoms. The quantitative estimate of drug-likeness (QED) is 0.715. The van der Waals surface area contributed by atoms with E-state index in [2.05, 4.69) is 10.6 Å². The molecule has 0 saturated carbocycles. The molecule has 0 spiro atoms. The number of urea groups is 1. The Morgan fingerprint density at radius 1 is 1.08 bits per heavy atom. The second-order valence-corrected chi connectivity index (χ2v) is 6.03. The van der Waals surface area contributed by atoms with Crippen LogP contribution >= 0.6 is 0 Å². The van der Waals surface area contributed by atoms with E-state index < -0.39 is 12.1 Å². The van der Waals surface area contributed by atoms with Gasteiger partial charge >= 0.3 is 6.03 Å². The maximum atomic E-state index is 11.7. The number of nitrogens with one attached hydrogen (secondary N) is 2. The molecule has 3 rings (SSSR count). The first-order valence-electron chi connectivity index (χ1n) is 8.65. The van der Waals surface area contributed by atoms with Crippen molar-refractivity contribution in [1.29, 1.82) is 0 Å². The average Bonchev–Trinajstić information content (AvgIpc) is 2.96.